The Balaban J connectivity index is 4.29. The third kappa shape index (κ3) is 5.04. The van der Waals surface area contributed by atoms with Crippen molar-refractivity contribution < 1.29 is 19.8 Å². The summed E-state index contributed by atoms with van der Waals surface area (Å²) in [6.07, 6.45) is -1.57. The zero-order chi connectivity index (χ0) is 13.8. The van der Waals surface area contributed by atoms with Crippen LogP contribution in [-0.4, -0.2) is 52.9 Å². The quantitative estimate of drug-likeness (QED) is 0.674. The predicted molar refractivity (Wildman–Crippen MR) is 63.7 cm³/mol. The van der Waals surface area contributed by atoms with Gasteiger partial charge in [0, 0.05) is 13.1 Å². The van der Waals surface area contributed by atoms with E-state index in [4.69, 9.17) is 10.2 Å². The second-order valence-electron chi connectivity index (χ2n) is 5.19. The van der Waals surface area contributed by atoms with Gasteiger partial charge in [0.15, 0.2) is 6.10 Å². The van der Waals surface area contributed by atoms with Gasteiger partial charge in [-0.1, -0.05) is 20.8 Å². The molecular formula is C11H22N2O4. The Morgan fingerprint density at radius 3 is 2.18 bits per heavy atom. The van der Waals surface area contributed by atoms with Crippen LogP contribution in [0.5, 0.6) is 0 Å². The Hall–Kier alpha value is -1.30. The van der Waals surface area contributed by atoms with Crippen LogP contribution in [0.1, 0.15) is 27.7 Å². The monoisotopic (exact) mass is 246 g/mol. The molecule has 17 heavy (non-hydrogen) atoms. The van der Waals surface area contributed by atoms with Crippen molar-refractivity contribution >= 4 is 12.0 Å². The highest BCUT2D eigenvalue weighted by atomic mass is 16.4. The van der Waals surface area contributed by atoms with Crippen molar-refractivity contribution in [3.05, 3.63) is 0 Å². The minimum Gasteiger partial charge on any atom is -0.479 e. The summed E-state index contributed by atoms with van der Waals surface area (Å²) in [5.41, 5.74) is -0.0719. The molecule has 0 aromatic carbocycles. The average Bonchev–Trinajstić information content (AvgIpc) is 2.21. The molecule has 6 heteroatoms. The van der Waals surface area contributed by atoms with E-state index >= 15 is 0 Å². The maximum absolute atomic E-state index is 11.7. The number of nitrogens with one attached hydrogen (secondary N) is 1. The maximum Gasteiger partial charge on any atom is 0.334 e. The number of rotatable bonds is 4. The van der Waals surface area contributed by atoms with Crippen LogP contribution in [-0.2, 0) is 4.79 Å². The number of urea groups is 1. The fraction of sp³-hybridized carbons (Fsp3) is 0.818. The van der Waals surface area contributed by atoms with E-state index in [1.807, 2.05) is 27.7 Å². The Morgan fingerprint density at radius 1 is 1.35 bits per heavy atom. The minimum absolute atomic E-state index is 0.00975. The van der Waals surface area contributed by atoms with E-state index < -0.39 is 18.1 Å². The maximum atomic E-state index is 11.7. The molecule has 0 aliphatic carbocycles. The molecule has 0 fully saturated rings. The average molecular weight is 246 g/mol. The molecule has 2 atom stereocenters. The molecule has 0 aromatic heterocycles. The van der Waals surface area contributed by atoms with Crippen LogP contribution in [0.2, 0.25) is 0 Å². The number of aliphatic carboxylic acids is 1. The van der Waals surface area contributed by atoms with Crippen LogP contribution in [0, 0.1) is 5.41 Å². The fourth-order valence-corrected chi connectivity index (χ4v) is 1.15. The van der Waals surface area contributed by atoms with E-state index in [2.05, 4.69) is 5.32 Å². The van der Waals surface area contributed by atoms with Crippen LogP contribution in [0.15, 0.2) is 0 Å². The van der Waals surface area contributed by atoms with Crippen LogP contribution in [0.4, 0.5) is 4.79 Å². The van der Waals surface area contributed by atoms with Gasteiger partial charge >= 0.3 is 12.0 Å². The van der Waals surface area contributed by atoms with Crippen molar-refractivity contribution in [2.24, 2.45) is 5.41 Å². The SMILES string of the molecule is CC(N(C)C(=O)NCC(O)C(=O)O)C(C)(C)C. The molecule has 0 saturated heterocycles. The number of carbonyl (C=O) groups is 2. The van der Waals surface area contributed by atoms with Crippen molar-refractivity contribution in [2.75, 3.05) is 13.6 Å². The number of carbonyl (C=O) groups excluding carboxylic acids is 1. The predicted octanol–water partition coefficient (Wildman–Crippen LogP) is 0.508. The molecule has 0 radical (unpaired) electrons. The van der Waals surface area contributed by atoms with E-state index in [9.17, 15) is 9.59 Å². The Labute approximate surface area is 102 Å². The van der Waals surface area contributed by atoms with E-state index in [0.29, 0.717) is 0 Å². The molecule has 3 N–H and O–H groups in total. The summed E-state index contributed by atoms with van der Waals surface area (Å²) in [7, 11) is 1.64. The lowest BCUT2D eigenvalue weighted by Crippen LogP contribution is -2.49. The number of amides is 2. The minimum atomic E-state index is -1.57. The Kier molecular flexibility index (Phi) is 5.41. The molecule has 0 spiro atoms. The van der Waals surface area contributed by atoms with Gasteiger partial charge in [-0.25, -0.2) is 9.59 Å². The second kappa shape index (κ2) is 5.86. The van der Waals surface area contributed by atoms with Gasteiger partial charge in [0.25, 0.3) is 0 Å². The van der Waals surface area contributed by atoms with E-state index in [1.165, 1.54) is 4.90 Å². The number of aliphatic hydroxyl groups is 1. The third-order valence-electron chi connectivity index (χ3n) is 2.89. The molecule has 0 aliphatic heterocycles. The van der Waals surface area contributed by atoms with Crippen LogP contribution >= 0.6 is 0 Å². The standard InChI is InChI=1S/C11H22N2O4/c1-7(11(2,3)4)13(5)10(17)12-6-8(14)9(15)16/h7-8,14H,6H2,1-5H3,(H,12,17)(H,15,16). The molecule has 0 heterocycles. The summed E-state index contributed by atoms with van der Waals surface area (Å²) < 4.78 is 0. The third-order valence-corrected chi connectivity index (χ3v) is 2.89. The second-order valence-corrected chi connectivity index (χ2v) is 5.19. The fourth-order valence-electron chi connectivity index (χ4n) is 1.15. The molecular weight excluding hydrogens is 224 g/mol. The van der Waals surface area contributed by atoms with Crippen molar-refractivity contribution in [2.45, 2.75) is 39.8 Å². The van der Waals surface area contributed by atoms with Gasteiger partial charge < -0.3 is 20.4 Å². The Bertz CT molecular complexity index is 286. The van der Waals surface area contributed by atoms with E-state index in [0.717, 1.165) is 0 Å². The number of carboxylic acids is 1. The van der Waals surface area contributed by atoms with Gasteiger partial charge in [-0.2, -0.15) is 0 Å². The van der Waals surface area contributed by atoms with Gasteiger partial charge in [0.1, 0.15) is 0 Å². The highest BCUT2D eigenvalue weighted by Crippen LogP contribution is 2.22. The lowest BCUT2D eigenvalue weighted by atomic mass is 9.87. The van der Waals surface area contributed by atoms with Gasteiger partial charge in [-0.3, -0.25) is 0 Å². The first-order valence-corrected chi connectivity index (χ1v) is 5.49. The van der Waals surface area contributed by atoms with Gasteiger partial charge in [0.05, 0.1) is 6.54 Å². The molecule has 0 rings (SSSR count). The van der Waals surface area contributed by atoms with E-state index in [1.54, 1.807) is 7.05 Å². The molecule has 2 amide bonds. The first-order valence-electron chi connectivity index (χ1n) is 5.49. The summed E-state index contributed by atoms with van der Waals surface area (Å²) in [5, 5.41) is 19.9. The van der Waals surface area contributed by atoms with Crippen molar-refractivity contribution in [1.82, 2.24) is 10.2 Å². The molecule has 2 unspecified atom stereocenters. The first kappa shape index (κ1) is 15.7. The largest absolute Gasteiger partial charge is 0.479 e. The van der Waals surface area contributed by atoms with Crippen LogP contribution < -0.4 is 5.32 Å². The highest BCUT2D eigenvalue weighted by molar-refractivity contribution is 5.76. The van der Waals surface area contributed by atoms with Crippen molar-refractivity contribution in [3.63, 3.8) is 0 Å². The van der Waals surface area contributed by atoms with Gasteiger partial charge in [-0.05, 0) is 12.3 Å². The van der Waals surface area contributed by atoms with Crippen molar-refractivity contribution in [3.8, 4) is 0 Å². The lowest BCUT2D eigenvalue weighted by Gasteiger charge is -2.35. The highest BCUT2D eigenvalue weighted by Gasteiger charge is 2.27. The van der Waals surface area contributed by atoms with Crippen LogP contribution in [0.3, 0.4) is 0 Å². The molecule has 0 aliphatic rings. The zero-order valence-electron chi connectivity index (χ0n) is 11.0. The molecule has 100 valence electrons. The summed E-state index contributed by atoms with van der Waals surface area (Å²) in [5.74, 6) is -1.35. The number of hydrogen-bond acceptors (Lipinski definition) is 3. The topological polar surface area (TPSA) is 89.9 Å². The van der Waals surface area contributed by atoms with E-state index in [-0.39, 0.29) is 18.0 Å². The lowest BCUT2D eigenvalue weighted by molar-refractivity contribution is -0.146. The zero-order valence-corrected chi connectivity index (χ0v) is 11.0. The van der Waals surface area contributed by atoms with Crippen molar-refractivity contribution in [1.29, 1.82) is 0 Å². The summed E-state index contributed by atoms with van der Waals surface area (Å²) in [6.45, 7) is 7.64. The summed E-state index contributed by atoms with van der Waals surface area (Å²) in [4.78, 5) is 23.5. The summed E-state index contributed by atoms with van der Waals surface area (Å²) in [6, 6.07) is -0.405. The van der Waals surface area contributed by atoms with Gasteiger partial charge in [0.2, 0.25) is 0 Å². The molecule has 0 aromatic rings. The first-order chi connectivity index (χ1) is 7.57. The van der Waals surface area contributed by atoms with Gasteiger partial charge in [-0.15, -0.1) is 0 Å². The number of carboxylic acid groups (broad SMARTS) is 1. The number of hydrogen-bond donors (Lipinski definition) is 3. The number of aliphatic hydroxyl groups excluding tert-OH is 1. The molecule has 0 saturated carbocycles. The Morgan fingerprint density at radius 2 is 1.82 bits per heavy atom. The molecule has 6 nitrogen and oxygen atoms in total. The molecule has 0 bridgehead atoms. The summed E-state index contributed by atoms with van der Waals surface area (Å²) >= 11 is 0. The normalized spacial score (nSPS) is 14.9. The smallest absolute Gasteiger partial charge is 0.334 e. The van der Waals surface area contributed by atoms with Crippen LogP contribution in [0.25, 0.3) is 0 Å². The number of nitrogens with zero attached hydrogens (tertiary/aromatic N) is 1.